The average molecular weight is 245 g/mol. The molecule has 0 radical (unpaired) electrons. The second kappa shape index (κ2) is 5.55. The Morgan fingerprint density at radius 2 is 1.94 bits per heavy atom. The Morgan fingerprint density at radius 3 is 2.67 bits per heavy atom. The molecule has 1 aromatic carbocycles. The maximum Gasteiger partial charge on any atom is 0.251 e. The van der Waals surface area contributed by atoms with Crippen molar-refractivity contribution >= 4 is 5.91 Å². The first-order valence-corrected chi connectivity index (χ1v) is 6.96. The van der Waals surface area contributed by atoms with Crippen LogP contribution in [-0.4, -0.2) is 11.9 Å². The summed E-state index contributed by atoms with van der Waals surface area (Å²) in [6.07, 6.45) is 3.63. The predicted molar refractivity (Wildman–Crippen MR) is 74.6 cm³/mol. The van der Waals surface area contributed by atoms with E-state index in [2.05, 4.69) is 19.2 Å². The van der Waals surface area contributed by atoms with Gasteiger partial charge in [0, 0.05) is 11.6 Å². The molecule has 0 aliphatic heterocycles. The molecule has 0 unspecified atom stereocenters. The van der Waals surface area contributed by atoms with Gasteiger partial charge in [0.2, 0.25) is 0 Å². The molecule has 1 N–H and O–H groups in total. The van der Waals surface area contributed by atoms with Crippen LogP contribution in [0.5, 0.6) is 0 Å². The highest BCUT2D eigenvalue weighted by Gasteiger charge is 2.28. The zero-order valence-corrected chi connectivity index (χ0v) is 11.6. The van der Waals surface area contributed by atoms with Gasteiger partial charge in [0.15, 0.2) is 0 Å². The van der Waals surface area contributed by atoms with Gasteiger partial charge in [-0.2, -0.15) is 0 Å². The molecule has 0 spiro atoms. The third-order valence-corrected chi connectivity index (χ3v) is 4.41. The van der Waals surface area contributed by atoms with E-state index < -0.39 is 0 Å². The molecule has 98 valence electrons. The summed E-state index contributed by atoms with van der Waals surface area (Å²) in [7, 11) is 0. The van der Waals surface area contributed by atoms with Crippen molar-refractivity contribution in [3.8, 4) is 0 Å². The van der Waals surface area contributed by atoms with Gasteiger partial charge in [-0.3, -0.25) is 4.79 Å². The lowest BCUT2D eigenvalue weighted by molar-refractivity contribution is 0.0890. The summed E-state index contributed by atoms with van der Waals surface area (Å²) in [5.41, 5.74) is 1.86. The molecule has 0 aromatic heterocycles. The maximum absolute atomic E-state index is 12.3. The normalized spacial score (nSPS) is 27.8. The summed E-state index contributed by atoms with van der Waals surface area (Å²) in [6, 6.07) is 8.12. The summed E-state index contributed by atoms with van der Waals surface area (Å²) < 4.78 is 0. The fourth-order valence-electron chi connectivity index (χ4n) is 2.86. The molecule has 0 bridgehead atoms. The minimum atomic E-state index is 0.0825. The van der Waals surface area contributed by atoms with Gasteiger partial charge in [0.05, 0.1) is 0 Å². The lowest BCUT2D eigenvalue weighted by atomic mass is 9.78. The Kier molecular flexibility index (Phi) is 4.05. The van der Waals surface area contributed by atoms with Gasteiger partial charge in [-0.1, -0.05) is 44.9 Å². The van der Waals surface area contributed by atoms with Gasteiger partial charge in [0.1, 0.15) is 0 Å². The van der Waals surface area contributed by atoms with Crippen molar-refractivity contribution in [1.82, 2.24) is 5.32 Å². The molecule has 1 aliphatic rings. The minimum absolute atomic E-state index is 0.0825. The molecule has 0 heterocycles. The van der Waals surface area contributed by atoms with Crippen molar-refractivity contribution in [3.05, 3.63) is 35.4 Å². The predicted octanol–water partition coefficient (Wildman–Crippen LogP) is 3.55. The largest absolute Gasteiger partial charge is 0.349 e. The van der Waals surface area contributed by atoms with Crippen LogP contribution in [0.1, 0.15) is 49.0 Å². The average Bonchev–Trinajstić information content (AvgIpc) is 2.35. The summed E-state index contributed by atoms with van der Waals surface area (Å²) in [6.45, 7) is 6.53. The first-order chi connectivity index (χ1) is 8.59. The molecule has 3 atom stereocenters. The number of hydrogen-bond acceptors (Lipinski definition) is 1. The van der Waals surface area contributed by atoms with Crippen LogP contribution in [0, 0.1) is 18.8 Å². The highest BCUT2D eigenvalue weighted by molar-refractivity contribution is 5.95. The molecular formula is C16H23NO. The van der Waals surface area contributed by atoms with Crippen molar-refractivity contribution in [1.29, 1.82) is 0 Å². The SMILES string of the molecule is Cc1ccccc1C(=O)N[C@@H]1CCC[C@H](C)[C@@H]1C. The number of aryl methyl sites for hydroxylation is 1. The van der Waals surface area contributed by atoms with Crippen LogP contribution in [0.4, 0.5) is 0 Å². The molecule has 1 saturated carbocycles. The van der Waals surface area contributed by atoms with Gasteiger partial charge in [-0.15, -0.1) is 0 Å². The van der Waals surface area contributed by atoms with Crippen LogP contribution in [0.15, 0.2) is 24.3 Å². The molecule has 1 fully saturated rings. The quantitative estimate of drug-likeness (QED) is 0.848. The van der Waals surface area contributed by atoms with E-state index in [-0.39, 0.29) is 5.91 Å². The minimum Gasteiger partial charge on any atom is -0.349 e. The number of rotatable bonds is 2. The third-order valence-electron chi connectivity index (χ3n) is 4.41. The second-order valence-corrected chi connectivity index (χ2v) is 5.66. The Balaban J connectivity index is 2.05. The number of amides is 1. The van der Waals surface area contributed by atoms with Gasteiger partial charge in [-0.25, -0.2) is 0 Å². The van der Waals surface area contributed by atoms with Crippen molar-refractivity contribution < 1.29 is 4.79 Å². The topological polar surface area (TPSA) is 29.1 Å². The number of carbonyl (C=O) groups excluding carboxylic acids is 1. The summed E-state index contributed by atoms with van der Waals surface area (Å²) >= 11 is 0. The molecule has 0 saturated heterocycles. The van der Waals surface area contributed by atoms with Gasteiger partial charge >= 0.3 is 0 Å². The molecule has 18 heavy (non-hydrogen) atoms. The van der Waals surface area contributed by atoms with Gasteiger partial charge in [0.25, 0.3) is 5.91 Å². The van der Waals surface area contributed by atoms with Crippen molar-refractivity contribution in [2.45, 2.75) is 46.1 Å². The first-order valence-electron chi connectivity index (χ1n) is 6.96. The standard InChI is InChI=1S/C16H23NO/c1-11-8-6-10-15(13(11)3)17-16(18)14-9-5-4-7-12(14)2/h4-5,7,9,11,13,15H,6,8,10H2,1-3H3,(H,17,18)/t11-,13-,15+/m0/s1. The summed E-state index contributed by atoms with van der Waals surface area (Å²) in [5, 5.41) is 3.22. The van der Waals surface area contributed by atoms with Crippen LogP contribution in [0.2, 0.25) is 0 Å². The third kappa shape index (κ3) is 2.74. The second-order valence-electron chi connectivity index (χ2n) is 5.66. The van der Waals surface area contributed by atoms with E-state index in [4.69, 9.17) is 0 Å². The zero-order valence-electron chi connectivity index (χ0n) is 11.6. The van der Waals surface area contributed by atoms with E-state index in [1.165, 1.54) is 12.8 Å². The van der Waals surface area contributed by atoms with Crippen molar-refractivity contribution in [2.75, 3.05) is 0 Å². The molecule has 2 nitrogen and oxygen atoms in total. The summed E-state index contributed by atoms with van der Waals surface area (Å²) in [5.74, 6) is 1.37. The van der Waals surface area contributed by atoms with E-state index in [9.17, 15) is 4.79 Å². The molecule has 1 aromatic rings. The van der Waals surface area contributed by atoms with Crippen LogP contribution in [-0.2, 0) is 0 Å². The fourth-order valence-corrected chi connectivity index (χ4v) is 2.86. The summed E-state index contributed by atoms with van der Waals surface area (Å²) in [4.78, 5) is 12.3. The number of nitrogens with one attached hydrogen (secondary N) is 1. The monoisotopic (exact) mass is 245 g/mol. The van der Waals surface area contributed by atoms with Crippen molar-refractivity contribution in [3.63, 3.8) is 0 Å². The van der Waals surface area contributed by atoms with Crippen LogP contribution in [0.3, 0.4) is 0 Å². The first kappa shape index (κ1) is 13.1. The highest BCUT2D eigenvalue weighted by atomic mass is 16.1. The van der Waals surface area contributed by atoms with E-state index in [1.54, 1.807) is 0 Å². The lowest BCUT2D eigenvalue weighted by Gasteiger charge is -2.34. The van der Waals surface area contributed by atoms with E-state index in [0.717, 1.165) is 17.5 Å². The number of carbonyl (C=O) groups is 1. The molecule has 1 aliphatic carbocycles. The Bertz CT molecular complexity index is 427. The Morgan fingerprint density at radius 1 is 1.22 bits per heavy atom. The fraction of sp³-hybridized carbons (Fsp3) is 0.562. The maximum atomic E-state index is 12.3. The lowest BCUT2D eigenvalue weighted by Crippen LogP contribution is -2.43. The van der Waals surface area contributed by atoms with Crippen LogP contribution < -0.4 is 5.32 Å². The van der Waals surface area contributed by atoms with Gasteiger partial charge < -0.3 is 5.32 Å². The Hall–Kier alpha value is -1.31. The molecule has 1 amide bonds. The van der Waals surface area contributed by atoms with Crippen LogP contribution >= 0.6 is 0 Å². The van der Waals surface area contributed by atoms with E-state index >= 15 is 0 Å². The molecular weight excluding hydrogens is 222 g/mol. The molecule has 2 heteroatoms. The number of hydrogen-bond donors (Lipinski definition) is 1. The van der Waals surface area contributed by atoms with Gasteiger partial charge in [-0.05, 0) is 36.8 Å². The number of benzene rings is 1. The highest BCUT2D eigenvalue weighted by Crippen LogP contribution is 2.29. The Labute approximate surface area is 110 Å². The van der Waals surface area contributed by atoms with Crippen LogP contribution in [0.25, 0.3) is 0 Å². The van der Waals surface area contributed by atoms with E-state index in [1.807, 2.05) is 31.2 Å². The van der Waals surface area contributed by atoms with Crippen molar-refractivity contribution in [2.24, 2.45) is 11.8 Å². The zero-order chi connectivity index (χ0) is 13.1. The smallest absolute Gasteiger partial charge is 0.251 e. The molecule has 2 rings (SSSR count). The van der Waals surface area contributed by atoms with E-state index in [0.29, 0.717) is 17.9 Å².